The standard InChI is InChI=1S/C13H14N2O2S/c1-15(2)11-13(9-6-10-14)18(16,17)12-7-4-3-5-8-12/h3-9,11H,1-2H3/b9-6+,13-11+. The van der Waals surface area contributed by atoms with E-state index in [2.05, 4.69) is 0 Å². The summed E-state index contributed by atoms with van der Waals surface area (Å²) >= 11 is 0. The number of sulfone groups is 1. The summed E-state index contributed by atoms with van der Waals surface area (Å²) in [5.74, 6) is 0. The molecule has 5 heteroatoms. The molecule has 0 radical (unpaired) electrons. The molecule has 0 amide bonds. The predicted octanol–water partition coefficient (Wildman–Crippen LogP) is 1.94. The second kappa shape index (κ2) is 6.03. The molecule has 1 rings (SSSR count). The molecule has 1 aromatic rings. The first-order valence-electron chi connectivity index (χ1n) is 5.23. The maximum absolute atomic E-state index is 12.3. The Morgan fingerprint density at radius 2 is 1.89 bits per heavy atom. The lowest BCUT2D eigenvalue weighted by Gasteiger charge is -2.09. The molecule has 0 atom stereocenters. The zero-order valence-electron chi connectivity index (χ0n) is 10.2. The summed E-state index contributed by atoms with van der Waals surface area (Å²) in [4.78, 5) is 1.92. The lowest BCUT2D eigenvalue weighted by Crippen LogP contribution is -2.09. The van der Waals surface area contributed by atoms with Crippen molar-refractivity contribution in [1.29, 1.82) is 5.26 Å². The monoisotopic (exact) mass is 262 g/mol. The lowest BCUT2D eigenvalue weighted by atomic mass is 10.4. The third kappa shape index (κ3) is 3.47. The molecular formula is C13H14N2O2S. The van der Waals surface area contributed by atoms with Crippen molar-refractivity contribution in [2.45, 2.75) is 4.90 Å². The third-order valence-corrected chi connectivity index (χ3v) is 3.83. The van der Waals surface area contributed by atoms with E-state index in [1.165, 1.54) is 24.4 Å². The predicted molar refractivity (Wildman–Crippen MR) is 70.2 cm³/mol. The molecule has 0 aliphatic carbocycles. The molecule has 0 aromatic heterocycles. The first-order valence-corrected chi connectivity index (χ1v) is 6.71. The fourth-order valence-corrected chi connectivity index (χ4v) is 2.70. The normalized spacial score (nSPS) is 12.4. The van der Waals surface area contributed by atoms with Crippen molar-refractivity contribution in [3.63, 3.8) is 0 Å². The fraction of sp³-hybridized carbons (Fsp3) is 0.154. The summed E-state index contributed by atoms with van der Waals surface area (Å²) in [5.41, 5.74) is 0. The molecule has 0 bridgehead atoms. The van der Waals surface area contributed by atoms with Gasteiger partial charge >= 0.3 is 0 Å². The van der Waals surface area contributed by atoms with E-state index in [0.29, 0.717) is 0 Å². The summed E-state index contributed by atoms with van der Waals surface area (Å²) in [5, 5.41) is 8.51. The van der Waals surface area contributed by atoms with Crippen molar-refractivity contribution in [3.05, 3.63) is 53.6 Å². The summed E-state index contributed by atoms with van der Waals surface area (Å²) in [6.07, 6.45) is 3.91. The maximum atomic E-state index is 12.3. The molecule has 94 valence electrons. The van der Waals surface area contributed by atoms with Crippen LogP contribution in [0.1, 0.15) is 0 Å². The van der Waals surface area contributed by atoms with Gasteiger partial charge in [-0.3, -0.25) is 0 Å². The minimum absolute atomic E-state index is 0.0836. The number of hydrogen-bond acceptors (Lipinski definition) is 4. The largest absolute Gasteiger partial charge is 0.382 e. The van der Waals surface area contributed by atoms with Gasteiger partial charge in [0.15, 0.2) is 0 Å². The molecule has 0 spiro atoms. The number of nitrogens with zero attached hydrogens (tertiary/aromatic N) is 2. The average Bonchev–Trinajstić information content (AvgIpc) is 2.35. The van der Waals surface area contributed by atoms with Crippen LogP contribution in [0, 0.1) is 11.3 Å². The summed E-state index contributed by atoms with van der Waals surface area (Å²) in [7, 11) is -0.141. The van der Waals surface area contributed by atoms with Crippen molar-refractivity contribution in [3.8, 4) is 6.07 Å². The van der Waals surface area contributed by atoms with E-state index in [-0.39, 0.29) is 9.80 Å². The highest BCUT2D eigenvalue weighted by Gasteiger charge is 2.18. The van der Waals surface area contributed by atoms with Gasteiger partial charge in [0.1, 0.15) is 0 Å². The van der Waals surface area contributed by atoms with Crippen molar-refractivity contribution in [1.82, 2.24) is 4.90 Å². The smallest absolute Gasteiger partial charge is 0.208 e. The lowest BCUT2D eigenvalue weighted by molar-refractivity contribution is 0.559. The highest BCUT2D eigenvalue weighted by atomic mass is 32.2. The van der Waals surface area contributed by atoms with Crippen LogP contribution in [-0.2, 0) is 9.84 Å². The zero-order valence-corrected chi connectivity index (χ0v) is 11.1. The number of benzene rings is 1. The van der Waals surface area contributed by atoms with Crippen LogP contribution in [0.15, 0.2) is 58.5 Å². The van der Waals surface area contributed by atoms with Gasteiger partial charge in [-0.1, -0.05) is 18.2 Å². The Labute approximate surface area is 107 Å². The van der Waals surface area contributed by atoms with Gasteiger partial charge in [0, 0.05) is 26.4 Å². The first-order chi connectivity index (χ1) is 8.48. The van der Waals surface area contributed by atoms with E-state index in [0.717, 1.165) is 6.08 Å². The molecule has 0 unspecified atom stereocenters. The van der Waals surface area contributed by atoms with E-state index in [9.17, 15) is 8.42 Å². The number of rotatable bonds is 4. The van der Waals surface area contributed by atoms with Crippen LogP contribution >= 0.6 is 0 Å². The van der Waals surface area contributed by atoms with E-state index in [1.54, 1.807) is 43.3 Å². The summed E-state index contributed by atoms with van der Waals surface area (Å²) in [6.45, 7) is 0. The molecule has 0 saturated carbocycles. The van der Waals surface area contributed by atoms with Gasteiger partial charge < -0.3 is 4.90 Å². The van der Waals surface area contributed by atoms with Gasteiger partial charge in [-0.25, -0.2) is 8.42 Å². The number of nitriles is 1. The molecule has 18 heavy (non-hydrogen) atoms. The van der Waals surface area contributed by atoms with E-state index in [4.69, 9.17) is 5.26 Å². The Morgan fingerprint density at radius 3 is 2.39 bits per heavy atom. The third-order valence-electron chi connectivity index (χ3n) is 2.07. The minimum atomic E-state index is -3.59. The van der Waals surface area contributed by atoms with Crippen LogP contribution < -0.4 is 0 Å². The SMILES string of the molecule is CN(C)/C=C(\C=C\C#N)S(=O)(=O)c1ccccc1. The Bertz CT molecular complexity index is 594. The second-order valence-electron chi connectivity index (χ2n) is 3.77. The Morgan fingerprint density at radius 1 is 1.28 bits per heavy atom. The Balaban J connectivity index is 3.31. The van der Waals surface area contributed by atoms with E-state index >= 15 is 0 Å². The molecule has 0 aliphatic rings. The van der Waals surface area contributed by atoms with Gasteiger partial charge in [-0.2, -0.15) is 5.26 Å². The van der Waals surface area contributed by atoms with Gasteiger partial charge in [0.2, 0.25) is 9.84 Å². The van der Waals surface area contributed by atoms with E-state index < -0.39 is 9.84 Å². The van der Waals surface area contributed by atoms with Gasteiger partial charge in [-0.05, 0) is 18.2 Å². The molecule has 4 nitrogen and oxygen atoms in total. The molecule has 0 fully saturated rings. The molecule has 0 saturated heterocycles. The molecule has 1 aromatic carbocycles. The van der Waals surface area contributed by atoms with Crippen molar-refractivity contribution < 1.29 is 8.42 Å². The maximum Gasteiger partial charge on any atom is 0.208 e. The highest BCUT2D eigenvalue weighted by Crippen LogP contribution is 2.20. The van der Waals surface area contributed by atoms with Crippen LogP contribution in [-0.4, -0.2) is 27.4 Å². The Kier molecular flexibility index (Phi) is 4.69. The minimum Gasteiger partial charge on any atom is -0.382 e. The number of hydrogen-bond donors (Lipinski definition) is 0. The fourth-order valence-electron chi connectivity index (χ4n) is 1.31. The van der Waals surface area contributed by atoms with E-state index in [1.807, 2.05) is 0 Å². The van der Waals surface area contributed by atoms with Gasteiger partial charge in [0.25, 0.3) is 0 Å². The summed E-state index contributed by atoms with van der Waals surface area (Å²) in [6, 6.07) is 9.92. The van der Waals surface area contributed by atoms with Crippen molar-refractivity contribution in [2.75, 3.05) is 14.1 Å². The molecular weight excluding hydrogens is 248 g/mol. The van der Waals surface area contributed by atoms with Crippen molar-refractivity contribution >= 4 is 9.84 Å². The van der Waals surface area contributed by atoms with Crippen molar-refractivity contribution in [2.24, 2.45) is 0 Å². The molecule has 0 heterocycles. The quantitative estimate of drug-likeness (QED) is 0.614. The first kappa shape index (κ1) is 14.0. The van der Waals surface area contributed by atoms with Crippen LogP contribution in [0.2, 0.25) is 0 Å². The van der Waals surface area contributed by atoms with Gasteiger partial charge in [-0.15, -0.1) is 0 Å². The molecule has 0 aliphatic heterocycles. The van der Waals surface area contributed by atoms with Crippen LogP contribution in [0.3, 0.4) is 0 Å². The number of allylic oxidation sites excluding steroid dienone is 2. The zero-order chi connectivity index (χ0) is 13.6. The topological polar surface area (TPSA) is 61.2 Å². The van der Waals surface area contributed by atoms with Crippen LogP contribution in [0.4, 0.5) is 0 Å². The Hall–Kier alpha value is -2.06. The highest BCUT2D eigenvalue weighted by molar-refractivity contribution is 7.95. The summed E-state index contributed by atoms with van der Waals surface area (Å²) < 4.78 is 24.6. The second-order valence-corrected chi connectivity index (χ2v) is 5.72. The van der Waals surface area contributed by atoms with Crippen LogP contribution in [0.5, 0.6) is 0 Å². The molecule has 0 N–H and O–H groups in total. The van der Waals surface area contributed by atoms with Crippen LogP contribution in [0.25, 0.3) is 0 Å². The van der Waals surface area contributed by atoms with Gasteiger partial charge in [0.05, 0.1) is 15.9 Å². The average molecular weight is 262 g/mol.